The number of likely N-dealkylation sites (tertiary alicyclic amines) is 1. The third-order valence-electron chi connectivity index (χ3n) is 8.25. The van der Waals surface area contributed by atoms with Gasteiger partial charge in [0.2, 0.25) is 0 Å². The third kappa shape index (κ3) is 11.7. The van der Waals surface area contributed by atoms with Gasteiger partial charge in [-0.2, -0.15) is 0 Å². The van der Waals surface area contributed by atoms with Crippen LogP contribution < -0.4 is 9.47 Å². The predicted molar refractivity (Wildman–Crippen MR) is 175 cm³/mol. The molecule has 1 N–H and O–H groups in total. The van der Waals surface area contributed by atoms with Crippen molar-refractivity contribution in [2.45, 2.75) is 124 Å². The van der Waals surface area contributed by atoms with Crippen LogP contribution in [0.3, 0.4) is 0 Å². The summed E-state index contributed by atoms with van der Waals surface area (Å²) in [6, 6.07) is 4.75. The molecule has 1 aromatic carbocycles. The van der Waals surface area contributed by atoms with Crippen LogP contribution in [0.4, 0.5) is 4.79 Å². The predicted octanol–water partition coefficient (Wildman–Crippen LogP) is 6.41. The SMILES string of the molecule is COCCCOc1cc(C[C@@H](C[C@H]2[C@@H](OC(=O)OC(C)(C)C)CC(C(C)(C)O)C(=O)[N+]2([O-])COC(C)(C)C)C(C)C)ccc1OC. The van der Waals surface area contributed by atoms with Gasteiger partial charge in [0.25, 0.3) is 0 Å². The lowest BCUT2D eigenvalue weighted by Gasteiger charge is -2.55. The fraction of sp³-hybridized carbons (Fsp3) is 0.771. The first-order valence-electron chi connectivity index (χ1n) is 16.3. The van der Waals surface area contributed by atoms with Crippen molar-refractivity contribution in [3.05, 3.63) is 29.0 Å². The Labute approximate surface area is 276 Å². The van der Waals surface area contributed by atoms with Crippen molar-refractivity contribution >= 4 is 12.1 Å². The molecule has 1 fully saturated rings. The van der Waals surface area contributed by atoms with Gasteiger partial charge in [0.1, 0.15) is 17.6 Å². The number of rotatable bonds is 15. The molecule has 1 saturated heterocycles. The minimum atomic E-state index is -1.53. The van der Waals surface area contributed by atoms with E-state index in [4.69, 9.17) is 28.4 Å². The number of nitrogens with zero attached hydrogens (tertiary/aromatic N) is 1. The summed E-state index contributed by atoms with van der Waals surface area (Å²) in [6.07, 6.45) is -0.421. The van der Waals surface area contributed by atoms with Crippen LogP contribution in [0, 0.1) is 23.0 Å². The molecule has 1 aliphatic heterocycles. The highest BCUT2D eigenvalue weighted by Crippen LogP contribution is 2.42. The first-order valence-corrected chi connectivity index (χ1v) is 16.3. The van der Waals surface area contributed by atoms with Gasteiger partial charge in [-0.15, -0.1) is 0 Å². The van der Waals surface area contributed by atoms with E-state index in [-0.39, 0.29) is 24.7 Å². The van der Waals surface area contributed by atoms with Crippen LogP contribution in [0.1, 0.15) is 94.1 Å². The van der Waals surface area contributed by atoms with E-state index in [2.05, 4.69) is 13.8 Å². The van der Waals surface area contributed by atoms with Gasteiger partial charge in [-0.1, -0.05) is 19.9 Å². The number of carbonyl (C=O) groups is 2. The molecule has 11 nitrogen and oxygen atoms in total. The van der Waals surface area contributed by atoms with Gasteiger partial charge >= 0.3 is 12.1 Å². The van der Waals surface area contributed by atoms with Gasteiger partial charge in [0.05, 0.1) is 24.9 Å². The molecule has 0 radical (unpaired) electrons. The van der Waals surface area contributed by atoms with Crippen molar-refractivity contribution in [3.8, 4) is 11.5 Å². The van der Waals surface area contributed by atoms with E-state index < -0.39 is 58.3 Å². The highest BCUT2D eigenvalue weighted by molar-refractivity contribution is 5.75. The van der Waals surface area contributed by atoms with Crippen LogP contribution in [-0.4, -0.2) is 84.9 Å². The Morgan fingerprint density at radius 3 is 2.20 bits per heavy atom. The summed E-state index contributed by atoms with van der Waals surface area (Å²) in [5, 5.41) is 26.0. The largest absolute Gasteiger partial charge is 0.623 e. The molecule has 1 aliphatic rings. The normalized spacial score (nSPS) is 23.3. The van der Waals surface area contributed by atoms with E-state index in [1.54, 1.807) is 55.8 Å². The number of carbonyl (C=O) groups excluding carboxylic acids is 2. The summed E-state index contributed by atoms with van der Waals surface area (Å²) in [5.74, 6) is -0.568. The Morgan fingerprint density at radius 2 is 1.67 bits per heavy atom. The van der Waals surface area contributed by atoms with Crippen molar-refractivity contribution in [3.63, 3.8) is 0 Å². The smallest absolute Gasteiger partial charge is 0.509 e. The molecule has 1 heterocycles. The lowest BCUT2D eigenvalue weighted by Crippen LogP contribution is -2.69. The van der Waals surface area contributed by atoms with E-state index in [1.165, 1.54) is 13.8 Å². The Kier molecular flexibility index (Phi) is 13.9. The second-order valence-corrected chi connectivity index (χ2v) is 15.3. The van der Waals surface area contributed by atoms with Crippen molar-refractivity contribution in [1.82, 2.24) is 0 Å². The molecule has 264 valence electrons. The molecule has 46 heavy (non-hydrogen) atoms. The van der Waals surface area contributed by atoms with Crippen LogP contribution in [0.2, 0.25) is 0 Å². The number of amides is 1. The molecule has 2 unspecified atom stereocenters. The number of ether oxygens (including phenoxy) is 6. The monoisotopic (exact) mass is 653 g/mol. The van der Waals surface area contributed by atoms with E-state index in [9.17, 15) is 19.9 Å². The van der Waals surface area contributed by atoms with Crippen LogP contribution in [0.25, 0.3) is 0 Å². The number of methoxy groups -OCH3 is 2. The Morgan fingerprint density at radius 1 is 1.02 bits per heavy atom. The van der Waals surface area contributed by atoms with Crippen LogP contribution in [0.5, 0.6) is 11.5 Å². The zero-order valence-corrected chi connectivity index (χ0v) is 30.1. The molecule has 11 heteroatoms. The van der Waals surface area contributed by atoms with Crippen LogP contribution >= 0.6 is 0 Å². The summed E-state index contributed by atoms with van der Waals surface area (Å²) in [6.45, 7) is 18.2. The lowest BCUT2D eigenvalue weighted by atomic mass is 9.75. The van der Waals surface area contributed by atoms with E-state index in [0.29, 0.717) is 31.1 Å². The minimum Gasteiger partial charge on any atom is -0.623 e. The zero-order valence-electron chi connectivity index (χ0n) is 30.1. The second-order valence-electron chi connectivity index (χ2n) is 15.3. The number of hydrogen-bond donors (Lipinski definition) is 1. The highest BCUT2D eigenvalue weighted by Gasteiger charge is 2.57. The van der Waals surface area contributed by atoms with Crippen molar-refractivity contribution in [2.24, 2.45) is 17.8 Å². The molecule has 0 saturated carbocycles. The summed E-state index contributed by atoms with van der Waals surface area (Å²) in [4.78, 5) is 27.1. The van der Waals surface area contributed by atoms with Gasteiger partial charge in [-0.3, -0.25) is 4.65 Å². The Bertz CT molecular complexity index is 1130. The van der Waals surface area contributed by atoms with Gasteiger partial charge in [0.15, 0.2) is 24.3 Å². The number of piperidine rings is 1. The Balaban J connectivity index is 2.55. The van der Waals surface area contributed by atoms with E-state index in [1.807, 2.05) is 18.2 Å². The molecule has 1 aromatic rings. The van der Waals surface area contributed by atoms with Crippen LogP contribution in [-0.2, 0) is 30.2 Å². The topological polar surface area (TPSA) is 133 Å². The molecule has 1 amide bonds. The van der Waals surface area contributed by atoms with Gasteiger partial charge in [0, 0.05) is 33.0 Å². The number of hydrogen-bond acceptors (Lipinski definition) is 10. The first kappa shape index (κ1) is 39.7. The first-order chi connectivity index (χ1) is 21.1. The van der Waals surface area contributed by atoms with E-state index >= 15 is 0 Å². The maximum absolute atomic E-state index is 15.0. The maximum atomic E-state index is 15.0. The summed E-state index contributed by atoms with van der Waals surface area (Å²) < 4.78 is 32.6. The van der Waals surface area contributed by atoms with Gasteiger partial charge < -0.3 is 38.7 Å². The van der Waals surface area contributed by atoms with Crippen molar-refractivity contribution < 1.29 is 47.8 Å². The fourth-order valence-electron chi connectivity index (χ4n) is 5.62. The molecule has 2 rings (SSSR count). The molecule has 0 aromatic heterocycles. The maximum Gasteiger partial charge on any atom is 0.509 e. The van der Waals surface area contributed by atoms with Crippen molar-refractivity contribution in [1.29, 1.82) is 0 Å². The standard InChI is InChI=1S/C35H59NO10/c1-23(2)25(18-24-14-15-28(42-12)30(19-24)43-17-13-16-41-11)20-27-29(45-32(38)46-34(6,7)8)21-26(35(9,10)39)31(37)36(27,40)22-44-33(3,4)5/h14-15,19,23,25-27,29,39H,13,16-18,20-22H2,1-12H3/t25-,26?,27-,29-,36?/m0/s1. The average molecular weight is 654 g/mol. The van der Waals surface area contributed by atoms with Crippen molar-refractivity contribution in [2.75, 3.05) is 34.2 Å². The zero-order chi connectivity index (χ0) is 35.1. The number of quaternary nitrogens is 1. The number of aliphatic hydroxyl groups is 1. The second kappa shape index (κ2) is 16.1. The summed E-state index contributed by atoms with van der Waals surface area (Å²) >= 11 is 0. The quantitative estimate of drug-likeness (QED) is 0.0980. The van der Waals surface area contributed by atoms with Gasteiger partial charge in [-0.25, -0.2) is 9.59 Å². The number of hydroxylamine groups is 3. The minimum absolute atomic E-state index is 0.0170. The third-order valence-corrected chi connectivity index (χ3v) is 8.25. The molecule has 5 atom stereocenters. The lowest BCUT2D eigenvalue weighted by molar-refractivity contribution is -0.865. The summed E-state index contributed by atoms with van der Waals surface area (Å²) in [7, 11) is 3.23. The van der Waals surface area contributed by atoms with Gasteiger partial charge in [-0.05, 0) is 91.3 Å². The fourth-order valence-corrected chi connectivity index (χ4v) is 5.62. The molecule has 0 spiro atoms. The highest BCUT2D eigenvalue weighted by atomic mass is 16.7. The van der Waals surface area contributed by atoms with Crippen LogP contribution in [0.15, 0.2) is 18.2 Å². The number of benzene rings is 1. The van der Waals surface area contributed by atoms with E-state index in [0.717, 1.165) is 12.0 Å². The Hall–Kier alpha value is -2.44. The summed E-state index contributed by atoms with van der Waals surface area (Å²) in [5.41, 5.74) is -2.11. The molecular formula is C35H59NO10. The molecular weight excluding hydrogens is 594 g/mol. The molecule has 0 bridgehead atoms. The average Bonchev–Trinajstić information content (AvgIpc) is 2.91. The molecule has 0 aliphatic carbocycles.